The molecule has 0 fully saturated rings. The standard InChI is InChI=1S/C24H16FN5O4S/c1-2-34-24(33)20-15-12-35-22(19(15)23(32)30(29-20)14-7-5-6-13(25)10-14)28-21(31)18-11-26-16-8-3-4-9-17(16)27-18/h3-12H,2H2,1H3,(H,28,31). The average molecular weight is 489 g/mol. The van der Waals surface area contributed by atoms with Crippen LogP contribution >= 0.6 is 11.3 Å². The molecule has 1 amide bonds. The van der Waals surface area contributed by atoms with Gasteiger partial charge in [-0.1, -0.05) is 18.2 Å². The lowest BCUT2D eigenvalue weighted by Crippen LogP contribution is -2.25. The maximum absolute atomic E-state index is 13.9. The minimum Gasteiger partial charge on any atom is -0.461 e. The number of carbonyl (C=O) groups excluding carboxylic acids is 2. The normalized spacial score (nSPS) is 11.0. The zero-order valence-corrected chi connectivity index (χ0v) is 19.0. The fraction of sp³-hybridized carbons (Fsp3) is 0.0833. The largest absolute Gasteiger partial charge is 0.461 e. The van der Waals surface area contributed by atoms with Crippen molar-refractivity contribution in [2.45, 2.75) is 6.92 Å². The maximum Gasteiger partial charge on any atom is 0.359 e. The Morgan fingerprint density at radius 2 is 1.94 bits per heavy atom. The highest BCUT2D eigenvalue weighted by atomic mass is 32.1. The maximum atomic E-state index is 13.9. The molecular formula is C24H16FN5O4S. The number of amides is 1. The fourth-order valence-corrected chi connectivity index (χ4v) is 4.44. The third-order valence-electron chi connectivity index (χ3n) is 5.08. The van der Waals surface area contributed by atoms with Gasteiger partial charge in [0.1, 0.15) is 16.5 Å². The molecule has 0 aliphatic heterocycles. The van der Waals surface area contributed by atoms with Gasteiger partial charge in [-0.3, -0.25) is 14.6 Å². The smallest absolute Gasteiger partial charge is 0.359 e. The average Bonchev–Trinajstić information content (AvgIpc) is 3.28. The minimum absolute atomic E-state index is 0.0411. The van der Waals surface area contributed by atoms with Crippen molar-refractivity contribution in [3.63, 3.8) is 0 Å². The lowest BCUT2D eigenvalue weighted by Gasteiger charge is -2.10. The molecule has 174 valence electrons. The zero-order valence-electron chi connectivity index (χ0n) is 18.2. The lowest BCUT2D eigenvalue weighted by molar-refractivity contribution is 0.0520. The number of hydrogen-bond donors (Lipinski definition) is 1. The van der Waals surface area contributed by atoms with Crippen LogP contribution in [0.15, 0.2) is 64.9 Å². The van der Waals surface area contributed by atoms with E-state index in [2.05, 4.69) is 20.4 Å². The van der Waals surface area contributed by atoms with Crippen LogP contribution in [-0.4, -0.2) is 38.2 Å². The third kappa shape index (κ3) is 4.13. The summed E-state index contributed by atoms with van der Waals surface area (Å²) in [6.07, 6.45) is 1.34. The van der Waals surface area contributed by atoms with E-state index >= 15 is 0 Å². The van der Waals surface area contributed by atoms with E-state index in [-0.39, 0.29) is 39.5 Å². The number of aromatic nitrogens is 4. The van der Waals surface area contributed by atoms with Gasteiger partial charge in [0.15, 0.2) is 5.69 Å². The van der Waals surface area contributed by atoms with Crippen LogP contribution in [0.5, 0.6) is 0 Å². The number of carbonyl (C=O) groups is 2. The van der Waals surface area contributed by atoms with Gasteiger partial charge in [0, 0.05) is 10.8 Å². The highest BCUT2D eigenvalue weighted by Gasteiger charge is 2.24. The van der Waals surface area contributed by atoms with Crippen molar-refractivity contribution < 1.29 is 18.7 Å². The zero-order chi connectivity index (χ0) is 24.5. The summed E-state index contributed by atoms with van der Waals surface area (Å²) >= 11 is 1.05. The summed E-state index contributed by atoms with van der Waals surface area (Å²) in [4.78, 5) is 47.5. The number of halogens is 1. The molecular weight excluding hydrogens is 473 g/mol. The van der Waals surface area contributed by atoms with Crippen LogP contribution < -0.4 is 10.9 Å². The molecule has 0 aliphatic carbocycles. The molecule has 35 heavy (non-hydrogen) atoms. The molecule has 0 saturated carbocycles. The molecule has 1 N–H and O–H groups in total. The molecule has 5 rings (SSSR count). The Labute approximate surface area is 200 Å². The van der Waals surface area contributed by atoms with Crippen LogP contribution in [0.25, 0.3) is 27.5 Å². The van der Waals surface area contributed by atoms with Gasteiger partial charge in [-0.2, -0.15) is 9.78 Å². The van der Waals surface area contributed by atoms with Gasteiger partial charge in [-0.15, -0.1) is 11.3 Å². The number of anilines is 1. The highest BCUT2D eigenvalue weighted by molar-refractivity contribution is 7.16. The number of benzene rings is 2. The Hall–Kier alpha value is -4.51. The molecule has 0 atom stereocenters. The molecule has 0 spiro atoms. The molecule has 9 nitrogen and oxygen atoms in total. The molecule has 0 bridgehead atoms. The molecule has 0 radical (unpaired) electrons. The van der Waals surface area contributed by atoms with E-state index in [4.69, 9.17) is 4.74 Å². The molecule has 0 aliphatic rings. The van der Waals surface area contributed by atoms with Crippen LogP contribution in [0.2, 0.25) is 0 Å². The van der Waals surface area contributed by atoms with Crippen molar-refractivity contribution in [3.05, 3.63) is 87.7 Å². The predicted octanol–water partition coefficient (Wildman–Crippen LogP) is 3.96. The van der Waals surface area contributed by atoms with Crippen LogP contribution in [-0.2, 0) is 4.74 Å². The van der Waals surface area contributed by atoms with Gasteiger partial charge in [0.2, 0.25) is 0 Å². The molecule has 11 heteroatoms. The van der Waals surface area contributed by atoms with Gasteiger partial charge < -0.3 is 10.1 Å². The van der Waals surface area contributed by atoms with E-state index in [9.17, 15) is 18.8 Å². The first-order valence-electron chi connectivity index (χ1n) is 10.5. The second kappa shape index (κ2) is 9.03. The van der Waals surface area contributed by atoms with Crippen molar-refractivity contribution >= 4 is 50.0 Å². The van der Waals surface area contributed by atoms with Crippen molar-refractivity contribution in [1.29, 1.82) is 0 Å². The van der Waals surface area contributed by atoms with E-state index in [1.165, 1.54) is 29.8 Å². The summed E-state index contributed by atoms with van der Waals surface area (Å²) < 4.78 is 19.9. The van der Waals surface area contributed by atoms with Crippen molar-refractivity contribution in [3.8, 4) is 5.69 Å². The Balaban J connectivity index is 1.63. The molecule has 0 saturated heterocycles. The second-order valence-corrected chi connectivity index (χ2v) is 8.20. The van der Waals surface area contributed by atoms with Crippen LogP contribution in [0, 0.1) is 5.82 Å². The number of hydrogen-bond acceptors (Lipinski definition) is 8. The molecule has 3 heterocycles. The van der Waals surface area contributed by atoms with Gasteiger partial charge in [0.05, 0.1) is 34.9 Å². The lowest BCUT2D eigenvalue weighted by atomic mass is 10.2. The Morgan fingerprint density at radius 1 is 1.14 bits per heavy atom. The quantitative estimate of drug-likeness (QED) is 0.372. The molecule has 5 aromatic rings. The molecule has 3 aromatic heterocycles. The summed E-state index contributed by atoms with van der Waals surface area (Å²) in [7, 11) is 0. The van der Waals surface area contributed by atoms with Gasteiger partial charge in [-0.25, -0.2) is 14.2 Å². The predicted molar refractivity (Wildman–Crippen MR) is 129 cm³/mol. The fourth-order valence-electron chi connectivity index (χ4n) is 3.51. The third-order valence-corrected chi connectivity index (χ3v) is 5.98. The van der Waals surface area contributed by atoms with Crippen LogP contribution in [0.1, 0.15) is 27.9 Å². The number of rotatable bonds is 5. The summed E-state index contributed by atoms with van der Waals surface area (Å²) in [5.74, 6) is -1.92. The number of para-hydroxylation sites is 2. The first-order chi connectivity index (χ1) is 17.0. The first kappa shape index (κ1) is 22.3. The summed E-state index contributed by atoms with van der Waals surface area (Å²) in [6.45, 7) is 1.73. The van der Waals surface area contributed by atoms with E-state index in [1.807, 2.05) is 6.07 Å². The van der Waals surface area contributed by atoms with E-state index in [0.717, 1.165) is 22.1 Å². The second-order valence-electron chi connectivity index (χ2n) is 7.32. The van der Waals surface area contributed by atoms with Gasteiger partial charge >= 0.3 is 5.97 Å². The van der Waals surface area contributed by atoms with Gasteiger partial charge in [-0.05, 0) is 37.3 Å². The van der Waals surface area contributed by atoms with Crippen molar-refractivity contribution in [2.24, 2.45) is 0 Å². The molecule has 0 unspecified atom stereocenters. The number of esters is 1. The Kier molecular flexibility index (Phi) is 5.75. The van der Waals surface area contributed by atoms with Crippen molar-refractivity contribution in [1.82, 2.24) is 19.7 Å². The Morgan fingerprint density at radius 3 is 2.71 bits per heavy atom. The molecule has 2 aromatic carbocycles. The van der Waals surface area contributed by atoms with Crippen molar-refractivity contribution in [2.75, 3.05) is 11.9 Å². The van der Waals surface area contributed by atoms with E-state index in [1.54, 1.807) is 25.1 Å². The number of nitrogens with zero attached hydrogens (tertiary/aromatic N) is 4. The topological polar surface area (TPSA) is 116 Å². The SMILES string of the molecule is CCOC(=O)c1nn(-c2cccc(F)c2)c(=O)c2c(NC(=O)c3cnc4ccccc4n3)scc12. The summed E-state index contributed by atoms with van der Waals surface area (Å²) in [5.41, 5.74) is 0.571. The van der Waals surface area contributed by atoms with E-state index < -0.39 is 23.3 Å². The first-order valence-corrected chi connectivity index (χ1v) is 11.3. The Bertz CT molecular complexity index is 1680. The van der Waals surface area contributed by atoms with Crippen LogP contribution in [0.4, 0.5) is 9.39 Å². The van der Waals surface area contributed by atoms with E-state index in [0.29, 0.717) is 11.0 Å². The number of thiophene rings is 1. The minimum atomic E-state index is -0.751. The van der Waals surface area contributed by atoms with Crippen LogP contribution in [0.3, 0.4) is 0 Å². The summed E-state index contributed by atoms with van der Waals surface area (Å²) in [6, 6.07) is 12.3. The summed E-state index contributed by atoms with van der Waals surface area (Å²) in [5, 5.41) is 8.81. The number of nitrogens with one attached hydrogen (secondary N) is 1. The highest BCUT2D eigenvalue weighted by Crippen LogP contribution is 2.31. The van der Waals surface area contributed by atoms with Gasteiger partial charge in [0.25, 0.3) is 11.5 Å². The number of fused-ring (bicyclic) bond motifs is 2. The monoisotopic (exact) mass is 489 g/mol. The number of ether oxygens (including phenoxy) is 1.